The fourth-order valence-electron chi connectivity index (χ4n) is 3.54. The number of nitrogens with zero attached hydrogens (tertiary/aromatic N) is 2. The molecule has 0 saturated carbocycles. The number of pyridine rings is 1. The molecule has 3 rings (SSSR count). The van der Waals surface area contributed by atoms with Crippen molar-refractivity contribution < 1.29 is 23.9 Å². The Balaban J connectivity index is 1.85. The lowest BCUT2D eigenvalue weighted by Crippen LogP contribution is -2.40. The average Bonchev–Trinajstić information content (AvgIpc) is 3.21. The molecule has 0 amide bonds. The van der Waals surface area contributed by atoms with Crippen LogP contribution >= 0.6 is 0 Å². The molecule has 9 heteroatoms. The summed E-state index contributed by atoms with van der Waals surface area (Å²) in [5, 5.41) is 0. The van der Waals surface area contributed by atoms with Gasteiger partial charge in [-0.25, -0.2) is 9.78 Å². The number of rotatable bonds is 7. The Morgan fingerprint density at radius 3 is 2.28 bits per heavy atom. The van der Waals surface area contributed by atoms with E-state index in [4.69, 9.17) is 20.9 Å². The van der Waals surface area contributed by atoms with Crippen LogP contribution in [0.5, 0.6) is 0 Å². The summed E-state index contributed by atoms with van der Waals surface area (Å²) in [6, 6.07) is 8.30. The number of benzene rings is 1. The molecule has 0 saturated heterocycles. The van der Waals surface area contributed by atoms with Crippen molar-refractivity contribution in [2.75, 3.05) is 0 Å². The van der Waals surface area contributed by atoms with Crippen LogP contribution in [0.15, 0.2) is 48.8 Å². The molecule has 2 atom stereocenters. The highest BCUT2D eigenvalue weighted by atomic mass is 16.6. The van der Waals surface area contributed by atoms with E-state index >= 15 is 0 Å². The van der Waals surface area contributed by atoms with Crippen molar-refractivity contribution in [2.24, 2.45) is 11.5 Å². The molecule has 0 fully saturated rings. The minimum atomic E-state index is -1.12. The van der Waals surface area contributed by atoms with E-state index in [2.05, 4.69) is 4.98 Å². The van der Waals surface area contributed by atoms with E-state index < -0.39 is 41.0 Å². The van der Waals surface area contributed by atoms with Gasteiger partial charge in [0.1, 0.15) is 22.9 Å². The number of fused-ring (bicyclic) bond motifs is 1. The van der Waals surface area contributed by atoms with Crippen LogP contribution < -0.4 is 11.5 Å². The second kappa shape index (κ2) is 10.2. The first kappa shape index (κ1) is 27.0. The molecule has 2 aromatic heterocycles. The Hall–Kier alpha value is -3.56. The molecule has 0 aliphatic carbocycles. The summed E-state index contributed by atoms with van der Waals surface area (Å²) >= 11 is 0. The van der Waals surface area contributed by atoms with Gasteiger partial charge in [-0.2, -0.15) is 0 Å². The predicted octanol–water partition coefficient (Wildman–Crippen LogP) is 3.58. The Kier molecular flexibility index (Phi) is 7.66. The third-order valence-corrected chi connectivity index (χ3v) is 5.12. The molecule has 0 aliphatic rings. The van der Waals surface area contributed by atoms with Gasteiger partial charge in [-0.3, -0.25) is 9.59 Å². The van der Waals surface area contributed by atoms with E-state index in [0.717, 1.165) is 0 Å². The predicted molar refractivity (Wildman–Crippen MR) is 136 cm³/mol. The quantitative estimate of drug-likeness (QED) is 0.475. The Morgan fingerprint density at radius 1 is 0.972 bits per heavy atom. The van der Waals surface area contributed by atoms with Crippen LogP contribution in [-0.2, 0) is 19.1 Å². The molecule has 192 valence electrons. The lowest BCUT2D eigenvalue weighted by Gasteiger charge is -2.22. The zero-order valence-corrected chi connectivity index (χ0v) is 21.6. The highest BCUT2D eigenvalue weighted by molar-refractivity contribution is 5.92. The van der Waals surface area contributed by atoms with E-state index in [1.54, 1.807) is 67.9 Å². The summed E-state index contributed by atoms with van der Waals surface area (Å²) in [6.45, 7) is 10.6. The van der Waals surface area contributed by atoms with Gasteiger partial charge >= 0.3 is 11.9 Å². The van der Waals surface area contributed by atoms with E-state index in [0.29, 0.717) is 28.0 Å². The van der Waals surface area contributed by atoms with Crippen LogP contribution in [0.2, 0.25) is 0 Å². The number of hydrogen-bond acceptors (Lipinski definition) is 8. The highest BCUT2D eigenvalue weighted by Gasteiger charge is 2.28. The molecular weight excluding hydrogens is 460 g/mol. The molecule has 2 heterocycles. The van der Waals surface area contributed by atoms with Crippen molar-refractivity contribution in [3.63, 3.8) is 0 Å². The van der Waals surface area contributed by atoms with Crippen molar-refractivity contribution in [3.05, 3.63) is 59.9 Å². The third-order valence-electron chi connectivity index (χ3n) is 5.12. The third kappa shape index (κ3) is 6.77. The first-order valence-electron chi connectivity index (χ1n) is 11.7. The maximum atomic E-state index is 12.9. The number of aromatic nitrogens is 2. The van der Waals surface area contributed by atoms with Crippen molar-refractivity contribution in [1.82, 2.24) is 9.38 Å². The van der Waals surface area contributed by atoms with Crippen molar-refractivity contribution >= 4 is 23.4 Å². The minimum Gasteiger partial charge on any atom is -0.459 e. The number of ether oxygens (including phenoxy) is 2. The molecule has 0 bridgehead atoms. The summed E-state index contributed by atoms with van der Waals surface area (Å²) in [5.41, 5.74) is 13.5. The summed E-state index contributed by atoms with van der Waals surface area (Å²) in [7, 11) is 0. The Bertz CT molecular complexity index is 1280. The first-order chi connectivity index (χ1) is 16.6. The molecule has 4 N–H and O–H groups in total. The number of esters is 2. The molecule has 0 aliphatic heterocycles. The van der Waals surface area contributed by atoms with Gasteiger partial charge in [-0.1, -0.05) is 18.2 Å². The number of Topliss-reactive ketones (excluding diaryl/α,β-unsaturated/α-hetero) is 1. The second-order valence-electron chi connectivity index (χ2n) is 10.7. The molecule has 1 aromatic carbocycles. The van der Waals surface area contributed by atoms with Gasteiger partial charge in [-0.05, 0) is 59.7 Å². The number of hydrogen-bond donors (Lipinski definition) is 2. The second-order valence-corrected chi connectivity index (χ2v) is 10.7. The maximum absolute atomic E-state index is 12.9. The molecule has 0 radical (unpaired) electrons. The topological polar surface area (TPSA) is 139 Å². The van der Waals surface area contributed by atoms with Gasteiger partial charge in [-0.15, -0.1) is 0 Å². The smallest absolute Gasteiger partial charge is 0.338 e. The first-order valence-corrected chi connectivity index (χ1v) is 11.7. The van der Waals surface area contributed by atoms with Crippen LogP contribution in [-0.4, -0.2) is 44.4 Å². The summed E-state index contributed by atoms with van der Waals surface area (Å²) in [6.07, 6.45) is 3.32. The number of nitrogens with two attached hydrogens (primary N) is 2. The monoisotopic (exact) mass is 494 g/mol. The number of carbonyl (C=O) groups excluding carboxylic acids is 3. The Labute approximate surface area is 210 Å². The molecular formula is C27H34N4O5. The SMILES string of the molecule is CC(C)(C)OC(=O)c1cccc(-c2cn3cccc(C(N)C(=O)CC(N)C(=O)OC(C)(C)C)c3n2)c1. The maximum Gasteiger partial charge on any atom is 0.338 e. The van der Waals surface area contributed by atoms with Crippen LogP contribution in [0.3, 0.4) is 0 Å². The normalized spacial score (nSPS) is 13.8. The molecule has 36 heavy (non-hydrogen) atoms. The molecule has 2 unspecified atom stereocenters. The van der Waals surface area contributed by atoms with Gasteiger partial charge in [0.25, 0.3) is 0 Å². The van der Waals surface area contributed by atoms with E-state index in [1.807, 2.05) is 26.8 Å². The van der Waals surface area contributed by atoms with Crippen molar-refractivity contribution in [3.8, 4) is 11.3 Å². The van der Waals surface area contributed by atoms with Gasteiger partial charge < -0.3 is 25.3 Å². The van der Waals surface area contributed by atoms with Crippen LogP contribution in [0.4, 0.5) is 0 Å². The summed E-state index contributed by atoms with van der Waals surface area (Å²) in [4.78, 5) is 42.2. The lowest BCUT2D eigenvalue weighted by molar-refractivity contribution is -0.157. The number of imidazole rings is 1. The molecule has 3 aromatic rings. The fraction of sp³-hybridized carbons (Fsp3) is 0.407. The molecule has 9 nitrogen and oxygen atoms in total. The lowest BCUT2D eigenvalue weighted by atomic mass is 9.99. The van der Waals surface area contributed by atoms with Crippen LogP contribution in [0.1, 0.15) is 69.9 Å². The highest BCUT2D eigenvalue weighted by Crippen LogP contribution is 2.26. The number of ketones is 1. The zero-order valence-electron chi connectivity index (χ0n) is 21.6. The number of carbonyl (C=O) groups is 3. The van der Waals surface area contributed by atoms with E-state index in [9.17, 15) is 14.4 Å². The summed E-state index contributed by atoms with van der Waals surface area (Å²) in [5.74, 6) is -1.49. The fourth-order valence-corrected chi connectivity index (χ4v) is 3.54. The largest absolute Gasteiger partial charge is 0.459 e. The van der Waals surface area contributed by atoms with E-state index in [-0.39, 0.29) is 6.42 Å². The van der Waals surface area contributed by atoms with Gasteiger partial charge in [0.2, 0.25) is 0 Å². The zero-order chi connectivity index (χ0) is 26.8. The van der Waals surface area contributed by atoms with Crippen LogP contribution in [0.25, 0.3) is 16.9 Å². The van der Waals surface area contributed by atoms with Gasteiger partial charge in [0.15, 0.2) is 5.78 Å². The minimum absolute atomic E-state index is 0.261. The van der Waals surface area contributed by atoms with Crippen LogP contribution in [0, 0.1) is 0 Å². The van der Waals surface area contributed by atoms with E-state index in [1.165, 1.54) is 0 Å². The van der Waals surface area contributed by atoms with Crippen molar-refractivity contribution in [1.29, 1.82) is 0 Å². The van der Waals surface area contributed by atoms with Crippen molar-refractivity contribution in [2.45, 2.75) is 71.2 Å². The van der Waals surface area contributed by atoms with Gasteiger partial charge in [0.05, 0.1) is 17.3 Å². The summed E-state index contributed by atoms with van der Waals surface area (Å²) < 4.78 is 12.5. The Morgan fingerprint density at radius 2 is 1.64 bits per heavy atom. The van der Waals surface area contributed by atoms with Gasteiger partial charge in [0, 0.05) is 29.9 Å². The average molecular weight is 495 g/mol. The standard InChI is InChI=1S/C27H34N4O5/c1-26(2,3)35-24(33)17-10-7-9-16(13-17)20-15-31-12-8-11-18(23(31)30-20)22(29)21(32)14-19(28)25(34)36-27(4,5)6/h7-13,15,19,22H,14,28-29H2,1-6H3. The molecule has 0 spiro atoms.